The number of fused-ring (bicyclic) bond motifs is 2. The molecule has 144 valence electrons. The highest BCUT2D eigenvalue weighted by atomic mass is 16.6. The van der Waals surface area contributed by atoms with Crippen molar-refractivity contribution in [3.63, 3.8) is 0 Å². The zero-order valence-electron chi connectivity index (χ0n) is 17.0. The zero-order valence-corrected chi connectivity index (χ0v) is 17.0. The second kappa shape index (κ2) is 6.84. The van der Waals surface area contributed by atoms with Crippen molar-refractivity contribution in [3.05, 3.63) is 0 Å². The van der Waals surface area contributed by atoms with Crippen LogP contribution in [0, 0.1) is 16.7 Å². The molecule has 0 amide bonds. The maximum Gasteiger partial charge on any atom is 0.303 e. The number of piperidine rings is 1. The minimum atomic E-state index is -0.184. The van der Waals surface area contributed by atoms with Gasteiger partial charge in [0.2, 0.25) is 0 Å². The van der Waals surface area contributed by atoms with Gasteiger partial charge in [-0.1, -0.05) is 20.8 Å². The molecule has 25 heavy (non-hydrogen) atoms. The number of carbonyl (C=O) groups excluding carboxylic acids is 1. The van der Waals surface area contributed by atoms with Crippen LogP contribution in [0.15, 0.2) is 0 Å². The number of likely N-dealkylation sites (tertiary alicyclic amines) is 1. The minimum Gasteiger partial charge on any atom is -0.454 e. The van der Waals surface area contributed by atoms with Gasteiger partial charge in [0.25, 0.3) is 0 Å². The molecule has 3 fully saturated rings. The first-order chi connectivity index (χ1) is 11.7. The Balaban J connectivity index is 1.61. The summed E-state index contributed by atoms with van der Waals surface area (Å²) in [6.45, 7) is 12.6. The molecule has 1 aliphatic heterocycles. The fourth-order valence-corrected chi connectivity index (χ4v) is 5.91. The quantitative estimate of drug-likeness (QED) is 0.539. The Kier molecular flexibility index (Phi) is 5.25. The summed E-state index contributed by atoms with van der Waals surface area (Å²) in [5.74, 6) is 0.595. The molecule has 2 aliphatic carbocycles. The molecule has 1 saturated heterocycles. The van der Waals surface area contributed by atoms with Gasteiger partial charge in [0.05, 0.1) is 32.8 Å². The second-order valence-corrected chi connectivity index (χ2v) is 9.97. The fraction of sp³-hybridized carbons (Fsp3) is 0.952. The van der Waals surface area contributed by atoms with Gasteiger partial charge in [0.15, 0.2) is 6.10 Å². The van der Waals surface area contributed by atoms with E-state index in [9.17, 15) is 4.79 Å². The van der Waals surface area contributed by atoms with E-state index >= 15 is 0 Å². The molecular formula is C21H38NO3+. The van der Waals surface area contributed by atoms with Crippen LogP contribution in [0.1, 0.15) is 66.2 Å². The van der Waals surface area contributed by atoms with Gasteiger partial charge in [0.1, 0.15) is 6.54 Å². The Morgan fingerprint density at radius 3 is 2.40 bits per heavy atom. The molecule has 0 N–H and O–H groups in total. The van der Waals surface area contributed by atoms with Crippen molar-refractivity contribution in [3.8, 4) is 0 Å². The molecule has 0 spiro atoms. The first-order valence-electron chi connectivity index (χ1n) is 10.3. The molecule has 3 rings (SSSR count). The van der Waals surface area contributed by atoms with E-state index in [2.05, 4.69) is 27.8 Å². The number of esters is 1. The van der Waals surface area contributed by atoms with Crippen LogP contribution in [0.25, 0.3) is 0 Å². The summed E-state index contributed by atoms with van der Waals surface area (Å²) in [5.41, 5.74) is 0.627. The Labute approximate surface area is 153 Å². The minimum absolute atomic E-state index is 0.119. The van der Waals surface area contributed by atoms with Crippen LogP contribution >= 0.6 is 0 Å². The van der Waals surface area contributed by atoms with Crippen molar-refractivity contribution in [1.82, 2.24) is 0 Å². The molecule has 4 heteroatoms. The Hall–Kier alpha value is -0.610. The summed E-state index contributed by atoms with van der Waals surface area (Å²) in [4.78, 5) is 11.6. The van der Waals surface area contributed by atoms with E-state index in [0.717, 1.165) is 16.9 Å². The molecule has 0 unspecified atom stereocenters. The van der Waals surface area contributed by atoms with Crippen molar-refractivity contribution in [1.29, 1.82) is 0 Å². The molecule has 3 aliphatic rings. The number of carbonyl (C=O) groups is 1. The van der Waals surface area contributed by atoms with Crippen LogP contribution < -0.4 is 0 Å². The number of rotatable bonds is 6. The van der Waals surface area contributed by atoms with Crippen LogP contribution in [0.3, 0.4) is 0 Å². The van der Waals surface area contributed by atoms with Crippen LogP contribution in [-0.4, -0.2) is 55.9 Å². The van der Waals surface area contributed by atoms with E-state index in [-0.39, 0.29) is 17.5 Å². The predicted molar refractivity (Wildman–Crippen MR) is 99.2 cm³/mol. The third-order valence-corrected chi connectivity index (χ3v) is 8.07. The van der Waals surface area contributed by atoms with Gasteiger partial charge in [-0.3, -0.25) is 4.79 Å². The Morgan fingerprint density at radius 1 is 1.20 bits per heavy atom. The van der Waals surface area contributed by atoms with Gasteiger partial charge < -0.3 is 14.0 Å². The van der Waals surface area contributed by atoms with Crippen LogP contribution in [0.5, 0.6) is 0 Å². The highest BCUT2D eigenvalue weighted by Crippen LogP contribution is 2.66. The van der Waals surface area contributed by atoms with E-state index in [1.807, 2.05) is 0 Å². The molecule has 0 aromatic rings. The summed E-state index contributed by atoms with van der Waals surface area (Å²) in [6.07, 6.45) is 7.86. The topological polar surface area (TPSA) is 35.5 Å². The molecule has 4 atom stereocenters. The molecule has 2 bridgehead atoms. The summed E-state index contributed by atoms with van der Waals surface area (Å²) in [6, 6.07) is 0. The van der Waals surface area contributed by atoms with E-state index < -0.39 is 0 Å². The van der Waals surface area contributed by atoms with Gasteiger partial charge in [-0.25, -0.2) is 0 Å². The van der Waals surface area contributed by atoms with Gasteiger partial charge >= 0.3 is 5.97 Å². The highest BCUT2D eigenvalue weighted by Gasteiger charge is 2.62. The second-order valence-electron chi connectivity index (χ2n) is 9.97. The van der Waals surface area contributed by atoms with E-state index in [1.165, 1.54) is 58.5 Å². The van der Waals surface area contributed by atoms with Crippen molar-refractivity contribution >= 4 is 5.97 Å². The molecule has 0 aromatic carbocycles. The first-order valence-corrected chi connectivity index (χ1v) is 10.3. The molecule has 1 heterocycles. The smallest absolute Gasteiger partial charge is 0.303 e. The standard InChI is InChI=1S/C21H38NO3/c1-16(23)25-18(14-22(5)11-7-6-8-12-22)15-24-19-13-17-9-10-21(19,4)20(17,2)3/h17-19H,6-15H2,1-5H3/q+1/t17-,18-,19-,21+/m0/s1. The van der Waals surface area contributed by atoms with Crippen LogP contribution in [-0.2, 0) is 14.3 Å². The van der Waals surface area contributed by atoms with Crippen molar-refractivity contribution < 1.29 is 18.8 Å². The molecule has 0 radical (unpaired) electrons. The average Bonchev–Trinajstić information content (AvgIpc) is 2.85. The Bertz CT molecular complexity index is 497. The number of likely N-dealkylation sites (N-methyl/N-ethyl adjacent to an activating group) is 1. The molecule has 0 aromatic heterocycles. The number of nitrogens with zero attached hydrogens (tertiary/aromatic N) is 1. The lowest BCUT2D eigenvalue weighted by Crippen LogP contribution is -2.53. The predicted octanol–water partition coefficient (Wildman–Crippen LogP) is 3.78. The highest BCUT2D eigenvalue weighted by molar-refractivity contribution is 5.66. The largest absolute Gasteiger partial charge is 0.454 e. The van der Waals surface area contributed by atoms with Crippen molar-refractivity contribution in [2.45, 2.75) is 78.4 Å². The third kappa shape index (κ3) is 3.62. The third-order valence-electron chi connectivity index (χ3n) is 8.07. The lowest BCUT2D eigenvalue weighted by molar-refractivity contribution is -0.916. The summed E-state index contributed by atoms with van der Waals surface area (Å²) in [7, 11) is 2.30. The SMILES string of the molecule is CC(=O)O[C@H](CO[C@H]1C[C@@H]2CC[C@@]1(C)C2(C)C)C[N+]1(C)CCCCC1. The van der Waals surface area contributed by atoms with E-state index in [0.29, 0.717) is 18.1 Å². The summed E-state index contributed by atoms with van der Waals surface area (Å²) >= 11 is 0. The van der Waals surface area contributed by atoms with Crippen molar-refractivity contribution in [2.75, 3.05) is 33.3 Å². The lowest BCUT2D eigenvalue weighted by atomic mass is 9.70. The molecular weight excluding hydrogens is 314 g/mol. The Morgan fingerprint density at radius 2 is 1.88 bits per heavy atom. The maximum absolute atomic E-state index is 11.6. The number of hydrogen-bond donors (Lipinski definition) is 0. The molecule has 2 saturated carbocycles. The van der Waals surface area contributed by atoms with Crippen molar-refractivity contribution in [2.24, 2.45) is 16.7 Å². The van der Waals surface area contributed by atoms with Crippen LogP contribution in [0.4, 0.5) is 0 Å². The number of ether oxygens (including phenoxy) is 2. The average molecular weight is 353 g/mol. The molecule has 4 nitrogen and oxygen atoms in total. The first kappa shape index (κ1) is 19.2. The zero-order chi connectivity index (χ0) is 18.3. The van der Waals surface area contributed by atoms with Gasteiger partial charge in [0, 0.05) is 6.92 Å². The summed E-state index contributed by atoms with van der Waals surface area (Å²) in [5, 5.41) is 0. The number of quaternary nitrogens is 1. The lowest BCUT2D eigenvalue weighted by Gasteiger charge is -2.41. The maximum atomic E-state index is 11.6. The van der Waals surface area contributed by atoms with E-state index in [1.54, 1.807) is 0 Å². The van der Waals surface area contributed by atoms with Gasteiger partial charge in [-0.15, -0.1) is 0 Å². The normalized spacial score (nSPS) is 37.0. The monoisotopic (exact) mass is 352 g/mol. The van der Waals surface area contributed by atoms with Gasteiger partial charge in [-0.05, 0) is 55.3 Å². The van der Waals surface area contributed by atoms with Crippen LogP contribution in [0.2, 0.25) is 0 Å². The fourth-order valence-electron chi connectivity index (χ4n) is 5.91. The van der Waals surface area contributed by atoms with E-state index in [4.69, 9.17) is 9.47 Å². The summed E-state index contributed by atoms with van der Waals surface area (Å²) < 4.78 is 13.1. The van der Waals surface area contributed by atoms with Gasteiger partial charge in [-0.2, -0.15) is 0 Å². The number of hydrogen-bond acceptors (Lipinski definition) is 3.